The molecule has 1 aromatic rings. The first-order valence-corrected chi connectivity index (χ1v) is 5.43. The summed E-state index contributed by atoms with van der Waals surface area (Å²) in [5, 5.41) is 13.9. The van der Waals surface area contributed by atoms with E-state index in [0.29, 0.717) is 0 Å². The molecule has 4 nitrogen and oxygen atoms in total. The molecule has 0 saturated heterocycles. The highest BCUT2D eigenvalue weighted by atomic mass is 127. The van der Waals surface area contributed by atoms with Crippen molar-refractivity contribution >= 4 is 28.3 Å². The van der Waals surface area contributed by atoms with E-state index in [9.17, 15) is 10.1 Å². The fraction of sp³-hybridized carbons (Fsp3) is 0.333. The third-order valence-electron chi connectivity index (χ3n) is 2.35. The van der Waals surface area contributed by atoms with Crippen LogP contribution in [0.2, 0.25) is 0 Å². The molecule has 14 heavy (non-hydrogen) atoms. The van der Waals surface area contributed by atoms with Gasteiger partial charge in [-0.05, 0) is 52.7 Å². The van der Waals surface area contributed by atoms with E-state index in [1.165, 1.54) is 5.56 Å². The quantitative estimate of drug-likeness (QED) is 0.489. The van der Waals surface area contributed by atoms with Gasteiger partial charge in [-0.15, -0.1) is 0 Å². The van der Waals surface area contributed by atoms with Gasteiger partial charge in [0.1, 0.15) is 0 Å². The molecule has 0 radical (unpaired) electrons. The van der Waals surface area contributed by atoms with Crippen molar-refractivity contribution in [2.75, 3.05) is 6.54 Å². The molecule has 1 N–H and O–H groups in total. The largest absolute Gasteiger partial charge is 0.312 e. The van der Waals surface area contributed by atoms with Crippen molar-refractivity contribution in [3.63, 3.8) is 0 Å². The van der Waals surface area contributed by atoms with Gasteiger partial charge in [-0.1, -0.05) is 0 Å². The minimum Gasteiger partial charge on any atom is -0.312 e. The maximum atomic E-state index is 10.7. The molecular weight excluding hydrogens is 295 g/mol. The van der Waals surface area contributed by atoms with Crippen LogP contribution in [0, 0.1) is 13.7 Å². The van der Waals surface area contributed by atoms with E-state index in [2.05, 4.69) is 5.32 Å². The van der Waals surface area contributed by atoms with Crippen molar-refractivity contribution in [3.05, 3.63) is 36.9 Å². The molecule has 5 heteroatoms. The number of nitro groups is 1. The van der Waals surface area contributed by atoms with E-state index in [1.807, 2.05) is 28.7 Å². The Kier molecular flexibility index (Phi) is 2.69. The Morgan fingerprint density at radius 3 is 2.93 bits per heavy atom. The number of nitro benzene ring substituents is 1. The van der Waals surface area contributed by atoms with Gasteiger partial charge < -0.3 is 5.32 Å². The van der Waals surface area contributed by atoms with Crippen molar-refractivity contribution < 1.29 is 4.92 Å². The van der Waals surface area contributed by atoms with Crippen LogP contribution in [-0.4, -0.2) is 11.5 Å². The molecule has 0 bridgehead atoms. The number of nitrogens with zero attached hydrogens (tertiary/aromatic N) is 1. The van der Waals surface area contributed by atoms with Crippen LogP contribution in [0.4, 0.5) is 5.69 Å². The highest BCUT2D eigenvalue weighted by Gasteiger charge is 2.17. The van der Waals surface area contributed by atoms with E-state index in [-0.39, 0.29) is 10.6 Å². The fourth-order valence-corrected chi connectivity index (χ4v) is 2.36. The summed E-state index contributed by atoms with van der Waals surface area (Å²) in [4.78, 5) is 10.4. The molecule has 0 fully saturated rings. The van der Waals surface area contributed by atoms with E-state index < -0.39 is 0 Å². The zero-order chi connectivity index (χ0) is 10.1. The zero-order valence-electron chi connectivity index (χ0n) is 7.42. The van der Waals surface area contributed by atoms with Gasteiger partial charge in [0.25, 0.3) is 5.69 Å². The van der Waals surface area contributed by atoms with Crippen LogP contribution < -0.4 is 5.32 Å². The van der Waals surface area contributed by atoms with Crippen LogP contribution in [0.1, 0.15) is 11.1 Å². The van der Waals surface area contributed by atoms with Gasteiger partial charge in [-0.25, -0.2) is 0 Å². The molecule has 0 unspecified atom stereocenters. The first kappa shape index (κ1) is 9.85. The molecule has 0 aromatic heterocycles. The van der Waals surface area contributed by atoms with Gasteiger partial charge in [0, 0.05) is 12.6 Å². The van der Waals surface area contributed by atoms with Crippen molar-refractivity contribution in [2.24, 2.45) is 0 Å². The molecule has 0 atom stereocenters. The standard InChI is InChI=1S/C9H9IN2O2/c10-8-3-7-5-11-2-1-6(7)4-9(8)12(13)14/h3-4,11H,1-2,5H2. The van der Waals surface area contributed by atoms with Crippen molar-refractivity contribution in [1.29, 1.82) is 0 Å². The number of nitrogens with one attached hydrogen (secondary N) is 1. The lowest BCUT2D eigenvalue weighted by atomic mass is 10.0. The van der Waals surface area contributed by atoms with Crippen LogP contribution >= 0.6 is 22.6 Å². The van der Waals surface area contributed by atoms with Crippen molar-refractivity contribution in [2.45, 2.75) is 13.0 Å². The van der Waals surface area contributed by atoms with E-state index in [4.69, 9.17) is 0 Å². The smallest absolute Gasteiger partial charge is 0.282 e. The van der Waals surface area contributed by atoms with Crippen LogP contribution in [0.5, 0.6) is 0 Å². The summed E-state index contributed by atoms with van der Waals surface area (Å²) in [6.45, 7) is 1.73. The second kappa shape index (κ2) is 3.82. The van der Waals surface area contributed by atoms with Crippen molar-refractivity contribution in [3.8, 4) is 0 Å². The Hall–Kier alpha value is -0.690. The first-order chi connectivity index (χ1) is 6.68. The highest BCUT2D eigenvalue weighted by Crippen LogP contribution is 2.26. The fourth-order valence-electron chi connectivity index (χ4n) is 1.63. The van der Waals surface area contributed by atoms with Crippen LogP contribution in [0.25, 0.3) is 0 Å². The van der Waals surface area contributed by atoms with Gasteiger partial charge in [0.15, 0.2) is 0 Å². The lowest BCUT2D eigenvalue weighted by molar-refractivity contribution is -0.385. The summed E-state index contributed by atoms with van der Waals surface area (Å²) >= 11 is 2.01. The topological polar surface area (TPSA) is 55.2 Å². The predicted octanol–water partition coefficient (Wildman–Crippen LogP) is 1.85. The van der Waals surface area contributed by atoms with Crippen LogP contribution in [0.15, 0.2) is 12.1 Å². The SMILES string of the molecule is O=[N+]([O-])c1cc2c(cc1I)CNCC2. The number of fused-ring (bicyclic) bond motifs is 1. The van der Waals surface area contributed by atoms with Crippen LogP contribution in [0.3, 0.4) is 0 Å². The summed E-state index contributed by atoms with van der Waals surface area (Å²) in [7, 11) is 0. The molecule has 0 saturated carbocycles. The Labute approximate surface area is 95.0 Å². The molecule has 0 spiro atoms. The monoisotopic (exact) mass is 304 g/mol. The Balaban J connectivity index is 2.50. The average Bonchev–Trinajstić information content (AvgIpc) is 2.16. The number of rotatable bonds is 1. The molecule has 0 aliphatic carbocycles. The number of benzene rings is 1. The number of hydrogen-bond donors (Lipinski definition) is 1. The third-order valence-corrected chi connectivity index (χ3v) is 3.22. The highest BCUT2D eigenvalue weighted by molar-refractivity contribution is 14.1. The lowest BCUT2D eigenvalue weighted by Crippen LogP contribution is -2.23. The molecule has 1 aromatic carbocycles. The van der Waals surface area contributed by atoms with Crippen molar-refractivity contribution in [1.82, 2.24) is 5.32 Å². The summed E-state index contributed by atoms with van der Waals surface area (Å²) in [6, 6.07) is 3.61. The molecule has 2 rings (SSSR count). The predicted molar refractivity (Wildman–Crippen MR) is 61.2 cm³/mol. The van der Waals surface area contributed by atoms with Crippen LogP contribution in [-0.2, 0) is 13.0 Å². The minimum atomic E-state index is -0.315. The molecule has 1 aliphatic heterocycles. The molecule has 0 amide bonds. The first-order valence-electron chi connectivity index (χ1n) is 4.35. The lowest BCUT2D eigenvalue weighted by Gasteiger charge is -2.16. The van der Waals surface area contributed by atoms with E-state index >= 15 is 0 Å². The molecule has 74 valence electrons. The normalized spacial score (nSPS) is 14.9. The Morgan fingerprint density at radius 1 is 1.43 bits per heavy atom. The van der Waals surface area contributed by atoms with E-state index in [1.54, 1.807) is 6.07 Å². The van der Waals surface area contributed by atoms with Gasteiger partial charge >= 0.3 is 0 Å². The third kappa shape index (κ3) is 1.74. The Morgan fingerprint density at radius 2 is 2.21 bits per heavy atom. The van der Waals surface area contributed by atoms with Gasteiger partial charge in [0.05, 0.1) is 8.49 Å². The second-order valence-corrected chi connectivity index (χ2v) is 4.42. The molecular formula is C9H9IN2O2. The summed E-state index contributed by atoms with van der Waals surface area (Å²) in [5.41, 5.74) is 2.52. The average molecular weight is 304 g/mol. The molecule has 1 heterocycles. The Bertz CT molecular complexity index is 393. The summed E-state index contributed by atoms with van der Waals surface area (Å²) < 4.78 is 0.718. The maximum Gasteiger partial charge on any atom is 0.282 e. The summed E-state index contributed by atoms with van der Waals surface area (Å²) in [5.74, 6) is 0. The van der Waals surface area contributed by atoms with E-state index in [0.717, 1.165) is 28.6 Å². The second-order valence-electron chi connectivity index (χ2n) is 3.26. The van der Waals surface area contributed by atoms with Gasteiger partial charge in [-0.3, -0.25) is 10.1 Å². The number of halogens is 1. The number of hydrogen-bond acceptors (Lipinski definition) is 3. The zero-order valence-corrected chi connectivity index (χ0v) is 9.58. The van der Waals surface area contributed by atoms with Gasteiger partial charge in [-0.2, -0.15) is 0 Å². The maximum absolute atomic E-state index is 10.7. The minimum absolute atomic E-state index is 0.228. The van der Waals surface area contributed by atoms with Gasteiger partial charge in [0.2, 0.25) is 0 Å². The summed E-state index contributed by atoms with van der Waals surface area (Å²) in [6.07, 6.45) is 0.882. The molecule has 1 aliphatic rings.